The van der Waals surface area contributed by atoms with Crippen LogP contribution in [0, 0.1) is 10.1 Å². The highest BCUT2D eigenvalue weighted by atomic mass is 32.2. The number of aromatic nitrogens is 2. The molecule has 98 valence electrons. The average molecular weight is 276 g/mol. The third-order valence-corrected chi connectivity index (χ3v) is 4.36. The molecule has 0 aliphatic carbocycles. The Balaban J connectivity index is 2.07. The number of rotatable bonds is 2. The lowest BCUT2D eigenvalue weighted by Gasteiger charge is -2.25. The van der Waals surface area contributed by atoms with Gasteiger partial charge in [0.2, 0.25) is 5.82 Å². The lowest BCUT2D eigenvalue weighted by Crippen LogP contribution is -2.19. The molecule has 2 aromatic rings. The number of hydrogen-bond acceptors (Lipinski definition) is 5. The molecule has 0 radical (unpaired) electrons. The zero-order valence-corrected chi connectivity index (χ0v) is 10.8. The maximum atomic E-state index is 10.8. The summed E-state index contributed by atoms with van der Waals surface area (Å²) in [5.74, 6) is 1.08. The Morgan fingerprint density at radius 3 is 3.00 bits per heavy atom. The van der Waals surface area contributed by atoms with E-state index >= 15 is 0 Å². The van der Waals surface area contributed by atoms with Crippen LogP contribution in [0.5, 0.6) is 0 Å². The van der Waals surface area contributed by atoms with E-state index in [0.717, 1.165) is 17.7 Å². The zero-order chi connectivity index (χ0) is 13.4. The first kappa shape index (κ1) is 12.0. The molecule has 0 amide bonds. The molecule has 0 saturated carbocycles. The van der Waals surface area contributed by atoms with Gasteiger partial charge in [-0.1, -0.05) is 18.2 Å². The fraction of sp³-hybridized carbons (Fsp3) is 0.250. The summed E-state index contributed by atoms with van der Waals surface area (Å²) in [4.78, 5) is 11.5. The minimum atomic E-state index is -0.498. The quantitative estimate of drug-likeness (QED) is 0.672. The van der Waals surface area contributed by atoms with E-state index in [1.54, 1.807) is 16.4 Å². The Kier molecular flexibility index (Phi) is 2.90. The van der Waals surface area contributed by atoms with E-state index in [4.69, 9.17) is 5.73 Å². The van der Waals surface area contributed by atoms with Gasteiger partial charge in [-0.15, -0.1) is 11.8 Å². The second-order valence-electron chi connectivity index (χ2n) is 4.31. The summed E-state index contributed by atoms with van der Waals surface area (Å²) in [5, 5.41) is 14.9. The van der Waals surface area contributed by atoms with Crippen molar-refractivity contribution in [3.63, 3.8) is 0 Å². The Morgan fingerprint density at radius 2 is 2.26 bits per heavy atom. The second kappa shape index (κ2) is 4.58. The largest absolute Gasteiger partial charge is 0.378 e. The molecule has 1 aliphatic rings. The van der Waals surface area contributed by atoms with Crippen LogP contribution in [0.25, 0.3) is 0 Å². The highest BCUT2D eigenvalue weighted by Crippen LogP contribution is 2.39. The van der Waals surface area contributed by atoms with E-state index in [-0.39, 0.29) is 17.5 Å². The first-order valence-corrected chi connectivity index (χ1v) is 6.86. The van der Waals surface area contributed by atoms with E-state index in [1.165, 1.54) is 11.1 Å². The van der Waals surface area contributed by atoms with Crippen LogP contribution in [0.4, 0.5) is 11.5 Å². The van der Waals surface area contributed by atoms with Crippen molar-refractivity contribution in [2.45, 2.75) is 17.4 Å². The van der Waals surface area contributed by atoms with Crippen LogP contribution in [0.15, 0.2) is 35.4 Å². The fourth-order valence-corrected chi connectivity index (χ4v) is 3.44. The van der Waals surface area contributed by atoms with Gasteiger partial charge < -0.3 is 5.73 Å². The number of thioether (sulfide) groups is 1. The maximum absolute atomic E-state index is 10.8. The number of nitrogens with two attached hydrogens (primary N) is 1. The molecule has 1 aromatic carbocycles. The van der Waals surface area contributed by atoms with Gasteiger partial charge in [0.1, 0.15) is 6.20 Å². The molecule has 2 heterocycles. The summed E-state index contributed by atoms with van der Waals surface area (Å²) in [6.45, 7) is 0. The molecule has 1 unspecified atom stereocenters. The van der Waals surface area contributed by atoms with E-state index in [2.05, 4.69) is 11.2 Å². The molecular formula is C12H12N4O2S. The number of anilines is 1. The molecule has 1 aromatic heterocycles. The number of hydrogen-bond donors (Lipinski definition) is 1. The molecule has 0 saturated heterocycles. The van der Waals surface area contributed by atoms with Gasteiger partial charge >= 0.3 is 5.69 Å². The number of benzene rings is 1. The van der Waals surface area contributed by atoms with E-state index < -0.39 is 4.92 Å². The number of nitrogen functional groups attached to an aromatic ring is 1. The lowest BCUT2D eigenvalue weighted by molar-refractivity contribution is -0.384. The Morgan fingerprint density at radius 1 is 1.47 bits per heavy atom. The molecule has 1 aliphatic heterocycles. The predicted octanol–water partition coefficient (Wildman–Crippen LogP) is 2.46. The Hall–Kier alpha value is -2.02. The molecule has 19 heavy (non-hydrogen) atoms. The molecular weight excluding hydrogens is 264 g/mol. The van der Waals surface area contributed by atoms with E-state index in [9.17, 15) is 10.1 Å². The summed E-state index contributed by atoms with van der Waals surface area (Å²) < 4.78 is 1.57. The third kappa shape index (κ3) is 1.95. The molecule has 2 N–H and O–H groups in total. The minimum Gasteiger partial charge on any atom is -0.378 e. The summed E-state index contributed by atoms with van der Waals surface area (Å²) in [7, 11) is 0. The summed E-state index contributed by atoms with van der Waals surface area (Å²) >= 11 is 1.79. The minimum absolute atomic E-state index is 0.0221. The number of fused-ring (bicyclic) bond motifs is 1. The Bertz CT molecular complexity index is 640. The average Bonchev–Trinajstić information content (AvgIpc) is 2.80. The van der Waals surface area contributed by atoms with E-state index in [1.807, 2.05) is 18.2 Å². The van der Waals surface area contributed by atoms with Crippen molar-refractivity contribution in [2.24, 2.45) is 0 Å². The van der Waals surface area contributed by atoms with Crippen LogP contribution in [0.1, 0.15) is 18.0 Å². The highest BCUT2D eigenvalue weighted by molar-refractivity contribution is 7.99. The van der Waals surface area contributed by atoms with Crippen LogP contribution < -0.4 is 5.73 Å². The van der Waals surface area contributed by atoms with Gasteiger partial charge in [-0.3, -0.25) is 10.1 Å². The topological polar surface area (TPSA) is 87.0 Å². The van der Waals surface area contributed by atoms with E-state index in [0.29, 0.717) is 0 Å². The van der Waals surface area contributed by atoms with Crippen molar-refractivity contribution >= 4 is 23.3 Å². The van der Waals surface area contributed by atoms with Gasteiger partial charge in [-0.2, -0.15) is 5.10 Å². The standard InChI is InChI=1S/C12H12N4O2S/c13-12-10(16(17)18)7-14-15(12)9-5-6-19-11-4-2-1-3-8(9)11/h1-4,7,9H,5-6,13H2. The monoisotopic (exact) mass is 276 g/mol. The summed E-state index contributed by atoms with van der Waals surface area (Å²) in [5.41, 5.74) is 6.84. The van der Waals surface area contributed by atoms with Gasteiger partial charge in [0.15, 0.2) is 0 Å². The maximum Gasteiger partial charge on any atom is 0.330 e. The molecule has 3 rings (SSSR count). The molecule has 1 atom stereocenters. The van der Waals surface area contributed by atoms with Crippen LogP contribution in [0.3, 0.4) is 0 Å². The lowest BCUT2D eigenvalue weighted by atomic mass is 10.0. The smallest absolute Gasteiger partial charge is 0.330 e. The summed E-state index contributed by atoms with van der Waals surface area (Å²) in [6, 6.07) is 8.01. The predicted molar refractivity (Wildman–Crippen MR) is 73.2 cm³/mol. The normalized spacial score (nSPS) is 18.0. The van der Waals surface area contributed by atoms with Crippen molar-refractivity contribution in [1.82, 2.24) is 9.78 Å². The van der Waals surface area contributed by atoms with Crippen molar-refractivity contribution in [3.8, 4) is 0 Å². The second-order valence-corrected chi connectivity index (χ2v) is 5.44. The van der Waals surface area contributed by atoms with Crippen LogP contribution in [0.2, 0.25) is 0 Å². The third-order valence-electron chi connectivity index (χ3n) is 3.23. The molecule has 0 bridgehead atoms. The van der Waals surface area contributed by atoms with Crippen LogP contribution in [-0.4, -0.2) is 20.5 Å². The van der Waals surface area contributed by atoms with Gasteiger partial charge in [0, 0.05) is 10.6 Å². The van der Waals surface area contributed by atoms with Gasteiger partial charge in [-0.05, 0) is 18.1 Å². The van der Waals surface area contributed by atoms with Gasteiger partial charge in [0.05, 0.1) is 11.0 Å². The fourth-order valence-electron chi connectivity index (χ4n) is 2.33. The summed E-state index contributed by atoms with van der Waals surface area (Å²) in [6.07, 6.45) is 2.09. The molecule has 7 heteroatoms. The van der Waals surface area contributed by atoms with Crippen LogP contribution >= 0.6 is 11.8 Å². The first-order chi connectivity index (χ1) is 9.18. The molecule has 6 nitrogen and oxygen atoms in total. The van der Waals surface area contributed by atoms with Crippen molar-refractivity contribution in [2.75, 3.05) is 11.5 Å². The SMILES string of the molecule is Nc1c([N+](=O)[O-])cnn1C1CCSc2ccccc21. The van der Waals surface area contributed by atoms with Gasteiger partial charge in [0.25, 0.3) is 0 Å². The number of nitro groups is 1. The van der Waals surface area contributed by atoms with Gasteiger partial charge in [-0.25, -0.2) is 4.68 Å². The molecule has 0 spiro atoms. The van der Waals surface area contributed by atoms with Crippen LogP contribution in [-0.2, 0) is 0 Å². The highest BCUT2D eigenvalue weighted by Gasteiger charge is 2.27. The molecule has 0 fully saturated rings. The zero-order valence-electron chi connectivity index (χ0n) is 10.0. The van der Waals surface area contributed by atoms with Crippen molar-refractivity contribution < 1.29 is 4.92 Å². The van der Waals surface area contributed by atoms with Crippen molar-refractivity contribution in [1.29, 1.82) is 0 Å². The first-order valence-electron chi connectivity index (χ1n) is 5.87. The Labute approximate surface area is 113 Å². The number of nitrogens with zero attached hydrogens (tertiary/aromatic N) is 3. The van der Waals surface area contributed by atoms with Crippen molar-refractivity contribution in [3.05, 3.63) is 46.1 Å².